The number of imide groups is 1. The Labute approximate surface area is 196 Å². The van der Waals surface area contributed by atoms with Gasteiger partial charge in [0.25, 0.3) is 17.7 Å². The molecule has 6 nitrogen and oxygen atoms in total. The van der Waals surface area contributed by atoms with Crippen molar-refractivity contribution in [3.05, 3.63) is 100 Å². The molecule has 3 amide bonds. The highest BCUT2D eigenvalue weighted by Crippen LogP contribution is 2.33. The second-order valence-corrected chi connectivity index (χ2v) is 8.57. The molecule has 3 aromatic rings. The van der Waals surface area contributed by atoms with E-state index in [0.717, 1.165) is 18.4 Å². The molecule has 0 aromatic heterocycles. The maximum Gasteiger partial charge on any atom is 0.261 e. The van der Waals surface area contributed by atoms with Crippen molar-refractivity contribution in [2.45, 2.75) is 32.0 Å². The molecule has 1 aliphatic heterocycles. The second kappa shape index (κ2) is 8.74. The fourth-order valence-corrected chi connectivity index (χ4v) is 4.28. The van der Waals surface area contributed by atoms with E-state index in [9.17, 15) is 18.8 Å². The smallest absolute Gasteiger partial charge is 0.261 e. The van der Waals surface area contributed by atoms with Gasteiger partial charge in [-0.3, -0.25) is 19.3 Å². The minimum absolute atomic E-state index is 0.0536. The average Bonchev–Trinajstić information content (AvgIpc) is 3.67. The largest absolute Gasteiger partial charge is 0.496 e. The molecule has 1 fully saturated rings. The van der Waals surface area contributed by atoms with Crippen molar-refractivity contribution in [2.75, 3.05) is 7.11 Å². The summed E-state index contributed by atoms with van der Waals surface area (Å²) in [6.07, 6.45) is 1.81. The SMILES string of the molecule is COc1ccc(CN2C(=O)c3ccccc3C2=O)cc1C(=O)N(Cc1ccc(F)cc1)C1CC1. The van der Waals surface area contributed by atoms with Crippen LogP contribution in [0.1, 0.15) is 55.0 Å². The van der Waals surface area contributed by atoms with Crippen LogP contribution < -0.4 is 4.74 Å². The molecule has 0 radical (unpaired) electrons. The van der Waals surface area contributed by atoms with Crippen LogP contribution in [-0.4, -0.2) is 40.7 Å². The molecule has 5 rings (SSSR count). The van der Waals surface area contributed by atoms with Crippen molar-refractivity contribution in [2.24, 2.45) is 0 Å². The highest BCUT2D eigenvalue weighted by molar-refractivity contribution is 6.21. The van der Waals surface area contributed by atoms with Crippen molar-refractivity contribution in [3.63, 3.8) is 0 Å². The van der Waals surface area contributed by atoms with Crippen LogP contribution in [0.15, 0.2) is 66.7 Å². The first-order chi connectivity index (χ1) is 16.5. The van der Waals surface area contributed by atoms with Gasteiger partial charge >= 0.3 is 0 Å². The van der Waals surface area contributed by atoms with Crippen molar-refractivity contribution in [3.8, 4) is 5.75 Å². The predicted octanol–water partition coefficient (Wildman–Crippen LogP) is 4.44. The van der Waals surface area contributed by atoms with Gasteiger partial charge in [-0.2, -0.15) is 0 Å². The summed E-state index contributed by atoms with van der Waals surface area (Å²) in [7, 11) is 1.50. The van der Waals surface area contributed by atoms with Crippen LogP contribution in [0.25, 0.3) is 0 Å². The van der Waals surface area contributed by atoms with Crippen LogP contribution in [0, 0.1) is 5.82 Å². The Morgan fingerprint density at radius 2 is 1.59 bits per heavy atom. The molecule has 7 heteroatoms. The number of halogens is 1. The predicted molar refractivity (Wildman–Crippen MR) is 123 cm³/mol. The molecule has 1 aliphatic carbocycles. The van der Waals surface area contributed by atoms with Crippen LogP contribution in [-0.2, 0) is 13.1 Å². The van der Waals surface area contributed by atoms with Crippen LogP contribution in [0.5, 0.6) is 5.75 Å². The fraction of sp³-hybridized carbons (Fsp3) is 0.222. The van der Waals surface area contributed by atoms with Gasteiger partial charge in [-0.1, -0.05) is 30.3 Å². The topological polar surface area (TPSA) is 66.9 Å². The summed E-state index contributed by atoms with van der Waals surface area (Å²) in [4.78, 5) is 42.1. The van der Waals surface area contributed by atoms with Gasteiger partial charge in [-0.15, -0.1) is 0 Å². The van der Waals surface area contributed by atoms with E-state index in [4.69, 9.17) is 4.74 Å². The molecule has 1 heterocycles. The molecule has 2 aliphatic rings. The Morgan fingerprint density at radius 1 is 0.971 bits per heavy atom. The zero-order valence-electron chi connectivity index (χ0n) is 18.7. The first kappa shape index (κ1) is 21.8. The van der Waals surface area contributed by atoms with E-state index in [0.29, 0.717) is 34.5 Å². The van der Waals surface area contributed by atoms with Crippen LogP contribution in [0.2, 0.25) is 0 Å². The Kier molecular flexibility index (Phi) is 5.61. The van der Waals surface area contributed by atoms with Crippen LogP contribution in [0.3, 0.4) is 0 Å². The van der Waals surface area contributed by atoms with E-state index in [1.165, 1.54) is 24.1 Å². The van der Waals surface area contributed by atoms with E-state index in [-0.39, 0.29) is 36.1 Å². The number of ether oxygens (including phenoxy) is 1. The maximum atomic E-state index is 13.6. The monoisotopic (exact) mass is 458 g/mol. The minimum atomic E-state index is -0.347. The first-order valence-corrected chi connectivity index (χ1v) is 11.1. The standard InChI is InChI=1S/C27H23FN2O4/c1-34-24-13-8-18(16-30-25(31)21-4-2-3-5-22(21)26(30)32)14-23(24)27(33)29(20-11-12-20)15-17-6-9-19(28)10-7-17/h2-10,13-14,20H,11-12,15-16H2,1H3. The van der Waals surface area contributed by atoms with E-state index in [1.807, 2.05) is 0 Å². The summed E-state index contributed by atoms with van der Waals surface area (Å²) in [5.41, 5.74) is 2.62. The summed E-state index contributed by atoms with van der Waals surface area (Å²) in [6.45, 7) is 0.410. The van der Waals surface area contributed by atoms with E-state index in [1.54, 1.807) is 59.5 Å². The number of fused-ring (bicyclic) bond motifs is 1. The van der Waals surface area contributed by atoms with E-state index >= 15 is 0 Å². The Morgan fingerprint density at radius 3 is 2.18 bits per heavy atom. The molecule has 0 saturated heterocycles. The lowest BCUT2D eigenvalue weighted by Gasteiger charge is -2.24. The number of methoxy groups -OCH3 is 1. The number of nitrogens with zero attached hydrogens (tertiary/aromatic N) is 2. The van der Waals surface area contributed by atoms with E-state index < -0.39 is 0 Å². The third-order valence-electron chi connectivity index (χ3n) is 6.23. The highest BCUT2D eigenvalue weighted by atomic mass is 19.1. The van der Waals surface area contributed by atoms with Crippen molar-refractivity contribution < 1.29 is 23.5 Å². The average molecular weight is 458 g/mol. The zero-order valence-corrected chi connectivity index (χ0v) is 18.7. The first-order valence-electron chi connectivity index (χ1n) is 11.1. The lowest BCUT2D eigenvalue weighted by Crippen LogP contribution is -2.33. The number of hydrogen-bond acceptors (Lipinski definition) is 4. The van der Waals surface area contributed by atoms with Gasteiger partial charge in [-0.05, 0) is 60.4 Å². The quantitative estimate of drug-likeness (QED) is 0.491. The molecule has 0 spiro atoms. The minimum Gasteiger partial charge on any atom is -0.496 e. The number of rotatable bonds is 7. The van der Waals surface area contributed by atoms with Gasteiger partial charge in [0.15, 0.2) is 0 Å². The van der Waals surface area contributed by atoms with Gasteiger partial charge in [0.1, 0.15) is 11.6 Å². The summed E-state index contributed by atoms with van der Waals surface area (Å²) < 4.78 is 18.8. The Balaban J connectivity index is 1.41. The summed E-state index contributed by atoms with van der Waals surface area (Å²) in [5.74, 6) is -0.801. The van der Waals surface area contributed by atoms with Crippen LogP contribution >= 0.6 is 0 Å². The third-order valence-corrected chi connectivity index (χ3v) is 6.23. The molecular formula is C27H23FN2O4. The lowest BCUT2D eigenvalue weighted by molar-refractivity contribution is 0.0642. The van der Waals surface area contributed by atoms with Gasteiger partial charge in [-0.25, -0.2) is 4.39 Å². The van der Waals surface area contributed by atoms with Crippen molar-refractivity contribution >= 4 is 17.7 Å². The Hall–Kier alpha value is -4.00. The summed E-state index contributed by atoms with van der Waals surface area (Å²) in [6, 6.07) is 18.1. The zero-order chi connectivity index (χ0) is 23.8. The highest BCUT2D eigenvalue weighted by Gasteiger charge is 2.36. The summed E-state index contributed by atoms with van der Waals surface area (Å²) in [5, 5.41) is 0. The lowest BCUT2D eigenvalue weighted by atomic mass is 10.1. The van der Waals surface area contributed by atoms with Crippen molar-refractivity contribution in [1.82, 2.24) is 9.80 Å². The number of benzene rings is 3. The van der Waals surface area contributed by atoms with Gasteiger partial charge in [0.2, 0.25) is 0 Å². The molecule has 1 saturated carbocycles. The second-order valence-electron chi connectivity index (χ2n) is 8.57. The van der Waals surface area contributed by atoms with Gasteiger partial charge in [0.05, 0.1) is 30.3 Å². The molecule has 34 heavy (non-hydrogen) atoms. The molecule has 0 bridgehead atoms. The third kappa shape index (κ3) is 4.05. The number of hydrogen-bond donors (Lipinski definition) is 0. The molecule has 0 atom stereocenters. The normalized spacial score (nSPS) is 14.8. The molecule has 0 N–H and O–H groups in total. The number of carbonyl (C=O) groups excluding carboxylic acids is 3. The summed E-state index contributed by atoms with van der Waals surface area (Å²) >= 11 is 0. The number of amides is 3. The van der Waals surface area contributed by atoms with E-state index in [2.05, 4.69) is 0 Å². The van der Waals surface area contributed by atoms with Gasteiger partial charge < -0.3 is 9.64 Å². The Bertz CT molecular complexity index is 1250. The fourth-order valence-electron chi connectivity index (χ4n) is 4.28. The molecular weight excluding hydrogens is 435 g/mol. The molecule has 172 valence electrons. The van der Waals surface area contributed by atoms with Crippen molar-refractivity contribution in [1.29, 1.82) is 0 Å². The van der Waals surface area contributed by atoms with Gasteiger partial charge in [0, 0.05) is 12.6 Å². The maximum absolute atomic E-state index is 13.6. The molecule has 0 unspecified atom stereocenters. The molecule has 3 aromatic carbocycles. The van der Waals surface area contributed by atoms with Crippen LogP contribution in [0.4, 0.5) is 4.39 Å². The number of carbonyl (C=O) groups is 3.